The van der Waals surface area contributed by atoms with Crippen LogP contribution in [-0.4, -0.2) is 17.8 Å². The van der Waals surface area contributed by atoms with Crippen LogP contribution in [-0.2, 0) is 6.42 Å². The molecule has 2 nitrogen and oxygen atoms in total. The van der Waals surface area contributed by atoms with Gasteiger partial charge in [-0.15, -0.1) is 0 Å². The Hall–Kier alpha value is -0.570. The second-order valence-corrected chi connectivity index (χ2v) is 3.60. The molecular weight excluding hydrogens is 186 g/mol. The minimum Gasteiger partial charge on any atom is -0.391 e. The van der Waals surface area contributed by atoms with Crippen LogP contribution in [0.3, 0.4) is 0 Å². The summed E-state index contributed by atoms with van der Waals surface area (Å²) in [5.41, 5.74) is 7.52. The maximum absolute atomic E-state index is 9.36. The Morgan fingerprint density at radius 1 is 1.54 bits per heavy atom. The molecule has 0 fully saturated rings. The summed E-state index contributed by atoms with van der Waals surface area (Å²) in [6, 6.07) is 5.66. The molecule has 0 saturated carbocycles. The van der Waals surface area contributed by atoms with E-state index in [1.165, 1.54) is 0 Å². The first-order chi connectivity index (χ1) is 6.13. The van der Waals surface area contributed by atoms with Crippen molar-refractivity contribution in [2.45, 2.75) is 19.4 Å². The van der Waals surface area contributed by atoms with E-state index in [0.29, 0.717) is 11.4 Å². The van der Waals surface area contributed by atoms with Gasteiger partial charge in [-0.05, 0) is 36.6 Å². The first-order valence-corrected chi connectivity index (χ1v) is 4.64. The number of aryl methyl sites for hydroxylation is 1. The Balaban J connectivity index is 2.81. The maximum atomic E-state index is 9.36. The van der Waals surface area contributed by atoms with Crippen molar-refractivity contribution >= 4 is 11.6 Å². The predicted octanol–water partition coefficient (Wildman–Crippen LogP) is 1.51. The van der Waals surface area contributed by atoms with Gasteiger partial charge in [0, 0.05) is 11.6 Å². The largest absolute Gasteiger partial charge is 0.391 e. The van der Waals surface area contributed by atoms with Crippen molar-refractivity contribution in [3.05, 3.63) is 34.3 Å². The topological polar surface area (TPSA) is 46.2 Å². The van der Waals surface area contributed by atoms with Gasteiger partial charge in [0.15, 0.2) is 0 Å². The molecule has 0 saturated heterocycles. The van der Waals surface area contributed by atoms with Crippen molar-refractivity contribution in [2.24, 2.45) is 5.73 Å². The number of benzene rings is 1. The van der Waals surface area contributed by atoms with E-state index < -0.39 is 6.10 Å². The molecule has 0 bridgehead atoms. The Bertz CT molecular complexity index is 288. The molecule has 1 atom stereocenters. The van der Waals surface area contributed by atoms with Crippen LogP contribution >= 0.6 is 11.6 Å². The second kappa shape index (κ2) is 4.61. The number of aliphatic hydroxyl groups excluding tert-OH is 1. The number of hydrogen-bond acceptors (Lipinski definition) is 2. The molecule has 1 aromatic carbocycles. The highest BCUT2D eigenvalue weighted by Crippen LogP contribution is 2.16. The summed E-state index contributed by atoms with van der Waals surface area (Å²) in [4.78, 5) is 0. The molecule has 0 amide bonds. The molecule has 72 valence electrons. The molecule has 1 unspecified atom stereocenters. The van der Waals surface area contributed by atoms with E-state index in [-0.39, 0.29) is 6.54 Å². The molecule has 0 radical (unpaired) electrons. The molecule has 3 N–H and O–H groups in total. The van der Waals surface area contributed by atoms with Crippen molar-refractivity contribution in [3.63, 3.8) is 0 Å². The van der Waals surface area contributed by atoms with Crippen LogP contribution in [0.1, 0.15) is 11.1 Å². The standard InChI is InChI=1S/C10H14ClNO/c1-7-2-3-9(11)4-8(7)5-10(13)6-12/h2-4,10,13H,5-6,12H2,1H3. The average molecular weight is 200 g/mol. The van der Waals surface area contributed by atoms with Gasteiger partial charge in [-0.25, -0.2) is 0 Å². The van der Waals surface area contributed by atoms with Crippen LogP contribution in [0, 0.1) is 6.92 Å². The number of halogens is 1. The number of nitrogens with two attached hydrogens (primary N) is 1. The SMILES string of the molecule is Cc1ccc(Cl)cc1CC(O)CN. The summed E-state index contributed by atoms with van der Waals surface area (Å²) in [5, 5.41) is 10.1. The fourth-order valence-electron chi connectivity index (χ4n) is 1.20. The summed E-state index contributed by atoms with van der Waals surface area (Å²) < 4.78 is 0. The van der Waals surface area contributed by atoms with Gasteiger partial charge >= 0.3 is 0 Å². The van der Waals surface area contributed by atoms with E-state index in [0.717, 1.165) is 11.1 Å². The van der Waals surface area contributed by atoms with Crippen LogP contribution < -0.4 is 5.73 Å². The third-order valence-corrected chi connectivity index (χ3v) is 2.27. The molecular formula is C10H14ClNO. The average Bonchev–Trinajstić information content (AvgIpc) is 2.11. The summed E-state index contributed by atoms with van der Waals surface area (Å²) in [6.45, 7) is 2.28. The van der Waals surface area contributed by atoms with Crippen LogP contribution in [0.2, 0.25) is 5.02 Å². The maximum Gasteiger partial charge on any atom is 0.0702 e. The Kier molecular flexibility index (Phi) is 3.72. The second-order valence-electron chi connectivity index (χ2n) is 3.16. The van der Waals surface area contributed by atoms with Crippen LogP contribution in [0.25, 0.3) is 0 Å². The van der Waals surface area contributed by atoms with Gasteiger partial charge in [-0.3, -0.25) is 0 Å². The number of aliphatic hydroxyl groups is 1. The van der Waals surface area contributed by atoms with Crippen molar-refractivity contribution in [2.75, 3.05) is 6.54 Å². The zero-order valence-corrected chi connectivity index (χ0v) is 8.38. The highest BCUT2D eigenvalue weighted by Gasteiger charge is 2.05. The monoisotopic (exact) mass is 199 g/mol. The molecule has 0 aliphatic rings. The van der Waals surface area contributed by atoms with Crippen LogP contribution in [0.5, 0.6) is 0 Å². The zero-order chi connectivity index (χ0) is 9.84. The van der Waals surface area contributed by atoms with Crippen molar-refractivity contribution < 1.29 is 5.11 Å². The van der Waals surface area contributed by atoms with Crippen LogP contribution in [0.4, 0.5) is 0 Å². The third kappa shape index (κ3) is 2.99. The summed E-state index contributed by atoms with van der Waals surface area (Å²) in [7, 11) is 0. The fourth-order valence-corrected chi connectivity index (χ4v) is 1.39. The minimum absolute atomic E-state index is 0.284. The zero-order valence-electron chi connectivity index (χ0n) is 7.63. The van der Waals surface area contributed by atoms with Crippen molar-refractivity contribution in [1.29, 1.82) is 0 Å². The lowest BCUT2D eigenvalue weighted by Gasteiger charge is -2.10. The smallest absolute Gasteiger partial charge is 0.0702 e. The van der Waals surface area contributed by atoms with E-state index in [9.17, 15) is 5.11 Å². The van der Waals surface area contributed by atoms with Gasteiger partial charge in [0.2, 0.25) is 0 Å². The molecule has 0 spiro atoms. The number of rotatable bonds is 3. The molecule has 0 aliphatic heterocycles. The molecule has 13 heavy (non-hydrogen) atoms. The van der Waals surface area contributed by atoms with E-state index in [1.807, 2.05) is 25.1 Å². The summed E-state index contributed by atoms with van der Waals surface area (Å²) >= 11 is 5.83. The van der Waals surface area contributed by atoms with E-state index in [2.05, 4.69) is 0 Å². The Morgan fingerprint density at radius 2 is 2.23 bits per heavy atom. The molecule has 1 rings (SSSR count). The number of hydrogen-bond donors (Lipinski definition) is 2. The molecule has 0 heterocycles. The van der Waals surface area contributed by atoms with Gasteiger partial charge in [0.05, 0.1) is 6.10 Å². The molecule has 0 aromatic heterocycles. The lowest BCUT2D eigenvalue weighted by Crippen LogP contribution is -2.22. The lowest BCUT2D eigenvalue weighted by atomic mass is 10.0. The summed E-state index contributed by atoms with van der Waals surface area (Å²) in [5.74, 6) is 0. The van der Waals surface area contributed by atoms with E-state index >= 15 is 0 Å². The Labute approximate surface area is 83.3 Å². The van der Waals surface area contributed by atoms with E-state index in [1.54, 1.807) is 0 Å². The van der Waals surface area contributed by atoms with Gasteiger partial charge < -0.3 is 10.8 Å². The van der Waals surface area contributed by atoms with Crippen molar-refractivity contribution in [3.8, 4) is 0 Å². The highest BCUT2D eigenvalue weighted by molar-refractivity contribution is 6.30. The quantitative estimate of drug-likeness (QED) is 0.776. The normalized spacial score (nSPS) is 12.9. The highest BCUT2D eigenvalue weighted by atomic mass is 35.5. The Morgan fingerprint density at radius 3 is 2.85 bits per heavy atom. The molecule has 3 heteroatoms. The fraction of sp³-hybridized carbons (Fsp3) is 0.400. The van der Waals surface area contributed by atoms with Gasteiger partial charge in [-0.2, -0.15) is 0 Å². The van der Waals surface area contributed by atoms with Crippen molar-refractivity contribution in [1.82, 2.24) is 0 Å². The third-order valence-electron chi connectivity index (χ3n) is 2.04. The lowest BCUT2D eigenvalue weighted by molar-refractivity contribution is 0.183. The van der Waals surface area contributed by atoms with Crippen LogP contribution in [0.15, 0.2) is 18.2 Å². The predicted molar refractivity (Wildman–Crippen MR) is 55.0 cm³/mol. The van der Waals surface area contributed by atoms with Gasteiger partial charge in [0.25, 0.3) is 0 Å². The van der Waals surface area contributed by atoms with Gasteiger partial charge in [0.1, 0.15) is 0 Å². The minimum atomic E-state index is -0.475. The molecule has 0 aliphatic carbocycles. The first kappa shape index (κ1) is 10.5. The first-order valence-electron chi connectivity index (χ1n) is 4.26. The van der Waals surface area contributed by atoms with E-state index in [4.69, 9.17) is 17.3 Å². The summed E-state index contributed by atoms with van der Waals surface area (Å²) in [6.07, 6.45) is 0.0975. The van der Waals surface area contributed by atoms with Gasteiger partial charge in [-0.1, -0.05) is 17.7 Å². The molecule has 1 aromatic rings.